The van der Waals surface area contributed by atoms with Gasteiger partial charge in [0, 0.05) is 6.04 Å². The Kier molecular flexibility index (Phi) is 3.98. The molecule has 0 unspecified atom stereocenters. The molecular weight excluding hydrogens is 178 g/mol. The van der Waals surface area contributed by atoms with E-state index < -0.39 is 0 Å². The van der Waals surface area contributed by atoms with Crippen molar-refractivity contribution in [3.05, 3.63) is 35.9 Å². The molecule has 0 bridgehead atoms. The molecule has 1 N–H and O–H groups in total. The Balaban J connectivity index is 2.41. The van der Waals surface area contributed by atoms with E-state index in [4.69, 9.17) is 0 Å². The van der Waals surface area contributed by atoms with Crippen molar-refractivity contribution < 1.29 is 9.53 Å². The summed E-state index contributed by atoms with van der Waals surface area (Å²) < 4.78 is 4.51. The van der Waals surface area contributed by atoms with Gasteiger partial charge in [-0.15, -0.1) is 0 Å². The van der Waals surface area contributed by atoms with Crippen LogP contribution in [0.5, 0.6) is 0 Å². The van der Waals surface area contributed by atoms with Gasteiger partial charge in [-0.3, -0.25) is 0 Å². The number of rotatable bonds is 3. The fourth-order valence-electron chi connectivity index (χ4n) is 1.28. The van der Waals surface area contributed by atoms with Crippen LogP contribution in [-0.2, 0) is 11.2 Å². The molecule has 1 atom stereocenters. The Bertz CT molecular complexity index is 285. The third-order valence-corrected chi connectivity index (χ3v) is 1.93. The number of carbonyl (C=O) groups excluding carboxylic acids is 1. The number of ether oxygens (including phenoxy) is 1. The molecule has 0 aliphatic rings. The van der Waals surface area contributed by atoms with Gasteiger partial charge in [-0.25, -0.2) is 4.79 Å². The highest BCUT2D eigenvalue weighted by Crippen LogP contribution is 2.02. The number of nitrogens with one attached hydrogen (secondary N) is 1. The summed E-state index contributed by atoms with van der Waals surface area (Å²) in [6.45, 7) is 1.95. The molecule has 0 aromatic heterocycles. The molecule has 0 aliphatic heterocycles. The molecule has 3 heteroatoms. The van der Waals surface area contributed by atoms with Crippen molar-refractivity contribution in [3.8, 4) is 0 Å². The van der Waals surface area contributed by atoms with Crippen LogP contribution in [0.2, 0.25) is 0 Å². The van der Waals surface area contributed by atoms with Crippen LogP contribution >= 0.6 is 0 Å². The minimum absolute atomic E-state index is 0.0878. The zero-order chi connectivity index (χ0) is 10.4. The van der Waals surface area contributed by atoms with Crippen molar-refractivity contribution in [2.24, 2.45) is 0 Å². The van der Waals surface area contributed by atoms with E-state index >= 15 is 0 Å². The van der Waals surface area contributed by atoms with Crippen LogP contribution in [0.15, 0.2) is 30.3 Å². The van der Waals surface area contributed by atoms with Crippen molar-refractivity contribution in [2.75, 3.05) is 7.11 Å². The molecular formula is C11H15NO2. The molecule has 76 valence electrons. The molecule has 0 spiro atoms. The van der Waals surface area contributed by atoms with Crippen LogP contribution in [-0.4, -0.2) is 19.2 Å². The summed E-state index contributed by atoms with van der Waals surface area (Å²) in [5, 5.41) is 2.72. The lowest BCUT2D eigenvalue weighted by Gasteiger charge is -2.12. The van der Waals surface area contributed by atoms with E-state index in [1.54, 1.807) is 0 Å². The summed E-state index contributed by atoms with van der Waals surface area (Å²) >= 11 is 0. The maximum Gasteiger partial charge on any atom is 0.407 e. The molecule has 1 aromatic carbocycles. The summed E-state index contributed by atoms with van der Waals surface area (Å²) in [6, 6.07) is 10.1. The smallest absolute Gasteiger partial charge is 0.407 e. The predicted molar refractivity (Wildman–Crippen MR) is 55.1 cm³/mol. The van der Waals surface area contributed by atoms with Crippen molar-refractivity contribution in [1.82, 2.24) is 5.32 Å². The number of hydrogen-bond donors (Lipinski definition) is 1. The number of methoxy groups -OCH3 is 1. The molecule has 0 radical (unpaired) electrons. The van der Waals surface area contributed by atoms with Crippen molar-refractivity contribution in [1.29, 1.82) is 0 Å². The second kappa shape index (κ2) is 5.27. The van der Waals surface area contributed by atoms with Crippen LogP contribution < -0.4 is 5.32 Å². The molecule has 1 rings (SSSR count). The molecule has 0 heterocycles. The van der Waals surface area contributed by atoms with E-state index in [2.05, 4.69) is 10.1 Å². The molecule has 1 amide bonds. The van der Waals surface area contributed by atoms with E-state index in [1.165, 1.54) is 12.7 Å². The van der Waals surface area contributed by atoms with E-state index in [-0.39, 0.29) is 12.1 Å². The Morgan fingerprint density at radius 1 is 1.43 bits per heavy atom. The zero-order valence-electron chi connectivity index (χ0n) is 8.49. The van der Waals surface area contributed by atoms with Crippen molar-refractivity contribution in [3.63, 3.8) is 0 Å². The number of amides is 1. The van der Waals surface area contributed by atoms with Crippen LogP contribution in [0.25, 0.3) is 0 Å². The number of benzene rings is 1. The average molecular weight is 193 g/mol. The third-order valence-electron chi connectivity index (χ3n) is 1.93. The van der Waals surface area contributed by atoms with Crippen LogP contribution in [0.4, 0.5) is 4.79 Å². The lowest BCUT2D eigenvalue weighted by molar-refractivity contribution is 0.167. The first-order valence-electron chi connectivity index (χ1n) is 4.61. The topological polar surface area (TPSA) is 38.3 Å². The molecule has 0 saturated carbocycles. The maximum absolute atomic E-state index is 10.9. The summed E-state index contributed by atoms with van der Waals surface area (Å²) in [5.41, 5.74) is 1.21. The van der Waals surface area contributed by atoms with Crippen LogP contribution in [0, 0.1) is 0 Å². The van der Waals surface area contributed by atoms with Crippen LogP contribution in [0.3, 0.4) is 0 Å². The highest BCUT2D eigenvalue weighted by Gasteiger charge is 2.06. The van der Waals surface area contributed by atoms with Gasteiger partial charge in [-0.2, -0.15) is 0 Å². The predicted octanol–water partition coefficient (Wildman–Crippen LogP) is 1.97. The normalized spacial score (nSPS) is 11.9. The van der Waals surface area contributed by atoms with Gasteiger partial charge in [0.1, 0.15) is 0 Å². The summed E-state index contributed by atoms with van der Waals surface area (Å²) in [5.74, 6) is 0. The van der Waals surface area contributed by atoms with E-state index in [0.29, 0.717) is 0 Å². The maximum atomic E-state index is 10.9. The largest absolute Gasteiger partial charge is 0.453 e. The highest BCUT2D eigenvalue weighted by atomic mass is 16.5. The lowest BCUT2D eigenvalue weighted by atomic mass is 10.1. The monoisotopic (exact) mass is 193 g/mol. The summed E-state index contributed by atoms with van der Waals surface area (Å²) in [4.78, 5) is 10.9. The second-order valence-electron chi connectivity index (χ2n) is 3.23. The van der Waals surface area contributed by atoms with Crippen LogP contribution in [0.1, 0.15) is 12.5 Å². The summed E-state index contributed by atoms with van der Waals surface area (Å²) in [6.07, 6.45) is 0.434. The number of carbonyl (C=O) groups is 1. The number of hydrogen-bond acceptors (Lipinski definition) is 2. The first kappa shape index (κ1) is 10.6. The standard InChI is InChI=1S/C11H15NO2/c1-9(12-11(13)14-2)8-10-6-4-3-5-7-10/h3-7,9H,8H2,1-2H3,(H,12,13)/t9-/m0/s1. The third kappa shape index (κ3) is 3.47. The van der Waals surface area contributed by atoms with E-state index in [1.807, 2.05) is 37.3 Å². The van der Waals surface area contributed by atoms with Gasteiger partial charge in [0.05, 0.1) is 7.11 Å². The SMILES string of the molecule is COC(=O)N[C@@H](C)Cc1ccccc1. The first-order valence-corrected chi connectivity index (χ1v) is 4.61. The van der Waals surface area contributed by atoms with Gasteiger partial charge < -0.3 is 10.1 Å². The average Bonchev–Trinajstić information content (AvgIpc) is 2.19. The minimum Gasteiger partial charge on any atom is -0.453 e. The number of alkyl carbamates (subject to hydrolysis) is 1. The zero-order valence-corrected chi connectivity index (χ0v) is 8.49. The Hall–Kier alpha value is -1.51. The van der Waals surface area contributed by atoms with E-state index in [0.717, 1.165) is 6.42 Å². The van der Waals surface area contributed by atoms with Gasteiger partial charge in [0.15, 0.2) is 0 Å². The van der Waals surface area contributed by atoms with Crippen molar-refractivity contribution >= 4 is 6.09 Å². The molecule has 0 fully saturated rings. The van der Waals surface area contributed by atoms with Gasteiger partial charge in [0.2, 0.25) is 0 Å². The quantitative estimate of drug-likeness (QED) is 0.797. The molecule has 0 saturated heterocycles. The molecule has 0 aliphatic carbocycles. The Labute approximate surface area is 84.1 Å². The molecule has 1 aromatic rings. The molecule has 14 heavy (non-hydrogen) atoms. The minimum atomic E-state index is -0.381. The molecule has 3 nitrogen and oxygen atoms in total. The lowest BCUT2D eigenvalue weighted by Crippen LogP contribution is -2.33. The van der Waals surface area contributed by atoms with E-state index in [9.17, 15) is 4.79 Å². The Morgan fingerprint density at radius 2 is 2.07 bits per heavy atom. The van der Waals surface area contributed by atoms with Crippen molar-refractivity contribution in [2.45, 2.75) is 19.4 Å². The highest BCUT2D eigenvalue weighted by molar-refractivity contribution is 5.67. The second-order valence-corrected chi connectivity index (χ2v) is 3.23. The van der Waals surface area contributed by atoms with Gasteiger partial charge >= 0.3 is 6.09 Å². The van der Waals surface area contributed by atoms with Gasteiger partial charge in [-0.05, 0) is 18.9 Å². The fourth-order valence-corrected chi connectivity index (χ4v) is 1.28. The fraction of sp³-hybridized carbons (Fsp3) is 0.364. The van der Waals surface area contributed by atoms with Gasteiger partial charge in [0.25, 0.3) is 0 Å². The Morgan fingerprint density at radius 3 is 2.64 bits per heavy atom. The van der Waals surface area contributed by atoms with Gasteiger partial charge in [-0.1, -0.05) is 30.3 Å². The first-order chi connectivity index (χ1) is 6.72. The summed E-state index contributed by atoms with van der Waals surface area (Å²) in [7, 11) is 1.37.